The first-order valence-electron chi connectivity index (χ1n) is 10.2. The first kappa shape index (κ1) is 20.6. The Hall–Kier alpha value is -2.30. The number of hydrogen-bond acceptors (Lipinski definition) is 9. The maximum Gasteiger partial charge on any atom is 0.351 e. The molecule has 3 fully saturated rings. The van der Waals surface area contributed by atoms with E-state index in [9.17, 15) is 9.59 Å². The van der Waals surface area contributed by atoms with Crippen LogP contribution in [0.25, 0.3) is 11.0 Å². The minimum atomic E-state index is -0.856. The van der Waals surface area contributed by atoms with E-state index in [4.69, 9.17) is 32.8 Å². The summed E-state index contributed by atoms with van der Waals surface area (Å²) in [6.07, 6.45) is -2.81. The van der Waals surface area contributed by atoms with E-state index in [1.807, 2.05) is 0 Å². The minimum Gasteiger partial charge on any atom is -0.459 e. The second-order valence-corrected chi connectivity index (χ2v) is 8.79. The summed E-state index contributed by atoms with van der Waals surface area (Å²) in [6, 6.07) is 8.39. The standard InChI is InChI=1S/C22H24O9/c1-21(2)28-15-14(27-20-17(16(15)29-21)30-22(3,4)31-20)10-25-18(23)12-9-11-7-5-6-8-13(11)26-19(12)24/h5-9,14-17,20H,10H2,1-4H3. The molecule has 3 saturated heterocycles. The molecular weight excluding hydrogens is 408 g/mol. The molecular formula is C22H24O9. The molecule has 166 valence electrons. The Morgan fingerprint density at radius 1 is 0.968 bits per heavy atom. The highest BCUT2D eigenvalue weighted by Gasteiger charge is 2.60. The van der Waals surface area contributed by atoms with Crippen molar-refractivity contribution in [2.45, 2.75) is 70.0 Å². The van der Waals surface area contributed by atoms with Gasteiger partial charge >= 0.3 is 11.6 Å². The maximum atomic E-state index is 12.6. The summed E-state index contributed by atoms with van der Waals surface area (Å²) in [5.74, 6) is -2.50. The summed E-state index contributed by atoms with van der Waals surface area (Å²) in [7, 11) is 0. The van der Waals surface area contributed by atoms with Crippen LogP contribution in [-0.4, -0.2) is 54.9 Å². The average Bonchev–Trinajstić information content (AvgIpc) is 3.19. The van der Waals surface area contributed by atoms with Crippen molar-refractivity contribution in [1.82, 2.24) is 0 Å². The number of ether oxygens (including phenoxy) is 6. The molecule has 0 amide bonds. The van der Waals surface area contributed by atoms with E-state index < -0.39 is 53.9 Å². The van der Waals surface area contributed by atoms with Crippen LogP contribution < -0.4 is 5.63 Å². The smallest absolute Gasteiger partial charge is 0.351 e. The Morgan fingerprint density at radius 2 is 1.65 bits per heavy atom. The first-order chi connectivity index (χ1) is 14.6. The summed E-state index contributed by atoms with van der Waals surface area (Å²) >= 11 is 0. The number of carbonyl (C=O) groups excluding carboxylic acids is 1. The molecule has 9 nitrogen and oxygen atoms in total. The predicted molar refractivity (Wildman–Crippen MR) is 105 cm³/mol. The number of esters is 1. The topological polar surface area (TPSA) is 103 Å². The predicted octanol–water partition coefficient (Wildman–Crippen LogP) is 2.35. The number of para-hydroxylation sites is 1. The largest absolute Gasteiger partial charge is 0.459 e. The fourth-order valence-electron chi connectivity index (χ4n) is 4.27. The molecule has 4 heterocycles. The zero-order chi connectivity index (χ0) is 22.0. The van der Waals surface area contributed by atoms with E-state index in [0.29, 0.717) is 11.0 Å². The fraction of sp³-hybridized carbons (Fsp3) is 0.545. The lowest BCUT2D eigenvalue weighted by Gasteiger charge is -2.36. The van der Waals surface area contributed by atoms with Crippen LogP contribution in [0.1, 0.15) is 38.1 Å². The first-order valence-corrected chi connectivity index (χ1v) is 10.2. The lowest BCUT2D eigenvalue weighted by molar-refractivity contribution is -0.240. The number of rotatable bonds is 3. The molecule has 1 aromatic heterocycles. The van der Waals surface area contributed by atoms with E-state index in [1.165, 1.54) is 6.07 Å². The Kier molecular flexibility index (Phi) is 4.72. The molecule has 0 bridgehead atoms. The van der Waals surface area contributed by atoms with Crippen molar-refractivity contribution in [3.8, 4) is 0 Å². The second-order valence-electron chi connectivity index (χ2n) is 8.79. The number of benzene rings is 1. The van der Waals surface area contributed by atoms with Gasteiger partial charge in [0.2, 0.25) is 0 Å². The highest BCUT2D eigenvalue weighted by Crippen LogP contribution is 2.44. The van der Waals surface area contributed by atoms with Gasteiger partial charge in [0.15, 0.2) is 17.9 Å². The molecule has 0 spiro atoms. The monoisotopic (exact) mass is 432 g/mol. The van der Waals surface area contributed by atoms with Gasteiger partial charge in [-0.15, -0.1) is 0 Å². The zero-order valence-corrected chi connectivity index (χ0v) is 17.7. The quantitative estimate of drug-likeness (QED) is 0.534. The number of fused-ring (bicyclic) bond motifs is 4. The van der Waals surface area contributed by atoms with E-state index in [1.54, 1.807) is 52.0 Å². The van der Waals surface area contributed by atoms with Crippen LogP contribution in [0, 0.1) is 0 Å². The molecule has 5 atom stereocenters. The third-order valence-corrected chi connectivity index (χ3v) is 5.49. The van der Waals surface area contributed by atoms with Gasteiger partial charge in [-0.25, -0.2) is 9.59 Å². The van der Waals surface area contributed by atoms with Gasteiger partial charge in [0.05, 0.1) is 0 Å². The highest BCUT2D eigenvalue weighted by molar-refractivity contribution is 5.92. The SMILES string of the molecule is CC1(C)OC2OC(COC(=O)c3cc4ccccc4oc3=O)C3OC(C)(C)OC3C2O1. The maximum absolute atomic E-state index is 12.6. The lowest BCUT2D eigenvalue weighted by atomic mass is 9.99. The van der Waals surface area contributed by atoms with Crippen LogP contribution in [-0.2, 0) is 28.4 Å². The van der Waals surface area contributed by atoms with Crippen molar-refractivity contribution in [1.29, 1.82) is 0 Å². The highest BCUT2D eigenvalue weighted by atomic mass is 16.9. The fourth-order valence-corrected chi connectivity index (χ4v) is 4.27. The van der Waals surface area contributed by atoms with Gasteiger partial charge in [0.25, 0.3) is 0 Å². The lowest BCUT2D eigenvalue weighted by Crippen LogP contribution is -2.56. The van der Waals surface area contributed by atoms with Crippen molar-refractivity contribution < 1.29 is 37.6 Å². The van der Waals surface area contributed by atoms with Crippen molar-refractivity contribution in [3.05, 3.63) is 46.3 Å². The van der Waals surface area contributed by atoms with Crippen LogP contribution in [0.15, 0.2) is 39.5 Å². The molecule has 9 heteroatoms. The van der Waals surface area contributed by atoms with Crippen molar-refractivity contribution in [3.63, 3.8) is 0 Å². The third kappa shape index (κ3) is 3.77. The van der Waals surface area contributed by atoms with Crippen molar-refractivity contribution in [2.24, 2.45) is 0 Å². The van der Waals surface area contributed by atoms with Crippen LogP contribution in [0.2, 0.25) is 0 Å². The summed E-state index contributed by atoms with van der Waals surface area (Å²) in [5.41, 5.74) is -0.551. The van der Waals surface area contributed by atoms with Crippen LogP contribution in [0.5, 0.6) is 0 Å². The van der Waals surface area contributed by atoms with Crippen molar-refractivity contribution >= 4 is 16.9 Å². The summed E-state index contributed by atoms with van der Waals surface area (Å²) < 4.78 is 40.5. The number of hydrogen-bond donors (Lipinski definition) is 0. The zero-order valence-electron chi connectivity index (χ0n) is 17.7. The summed E-state index contributed by atoms with van der Waals surface area (Å²) in [5, 5.41) is 0.624. The molecule has 3 aliphatic heterocycles. The van der Waals surface area contributed by atoms with Gasteiger partial charge in [-0.1, -0.05) is 18.2 Å². The summed E-state index contributed by atoms with van der Waals surface area (Å²) in [6.45, 7) is 7.02. The second kappa shape index (κ2) is 7.11. The Labute approximate surface area is 178 Å². The van der Waals surface area contributed by atoms with E-state index in [-0.39, 0.29) is 12.2 Å². The Bertz CT molecular complexity index is 1070. The van der Waals surface area contributed by atoms with Gasteiger partial charge in [-0.05, 0) is 39.8 Å². The van der Waals surface area contributed by atoms with Crippen LogP contribution in [0.4, 0.5) is 0 Å². The van der Waals surface area contributed by atoms with E-state index in [2.05, 4.69) is 0 Å². The van der Waals surface area contributed by atoms with Crippen LogP contribution in [0.3, 0.4) is 0 Å². The third-order valence-electron chi connectivity index (χ3n) is 5.49. The van der Waals surface area contributed by atoms with Gasteiger partial charge in [-0.2, -0.15) is 0 Å². The molecule has 0 aliphatic carbocycles. The van der Waals surface area contributed by atoms with Crippen LogP contribution >= 0.6 is 0 Å². The van der Waals surface area contributed by atoms with Gasteiger partial charge in [0, 0.05) is 5.39 Å². The minimum absolute atomic E-state index is 0.154. The number of carbonyl (C=O) groups is 1. The molecule has 1 aromatic carbocycles. The molecule has 5 unspecified atom stereocenters. The molecule has 0 radical (unpaired) electrons. The Balaban J connectivity index is 1.34. The molecule has 5 rings (SSSR count). The van der Waals surface area contributed by atoms with Gasteiger partial charge in [0.1, 0.15) is 42.2 Å². The van der Waals surface area contributed by atoms with Gasteiger partial charge < -0.3 is 32.8 Å². The van der Waals surface area contributed by atoms with Crippen molar-refractivity contribution in [2.75, 3.05) is 6.61 Å². The molecule has 0 N–H and O–H groups in total. The van der Waals surface area contributed by atoms with E-state index >= 15 is 0 Å². The average molecular weight is 432 g/mol. The Morgan fingerprint density at radius 3 is 2.45 bits per heavy atom. The molecule has 0 saturated carbocycles. The molecule has 2 aromatic rings. The molecule has 31 heavy (non-hydrogen) atoms. The molecule has 3 aliphatic rings. The van der Waals surface area contributed by atoms with E-state index in [0.717, 1.165) is 0 Å². The normalized spacial score (nSPS) is 33.1. The van der Waals surface area contributed by atoms with Gasteiger partial charge in [-0.3, -0.25) is 0 Å². The summed E-state index contributed by atoms with van der Waals surface area (Å²) in [4.78, 5) is 24.9.